The Labute approximate surface area is 145 Å². The number of aliphatic imine (C=N–C) groups is 1. The molecule has 1 heterocycles. The summed E-state index contributed by atoms with van der Waals surface area (Å²) in [5.41, 5.74) is 1.43. The first-order valence-corrected chi connectivity index (χ1v) is 8.91. The van der Waals surface area contributed by atoms with Crippen LogP contribution in [0.25, 0.3) is 0 Å². The molecular weight excluding hydrogens is 302 g/mol. The molecule has 1 saturated carbocycles. The molecular formula is C19H29N3O2. The summed E-state index contributed by atoms with van der Waals surface area (Å²) in [6.45, 7) is 4.24. The van der Waals surface area contributed by atoms with Crippen molar-refractivity contribution in [3.8, 4) is 0 Å². The monoisotopic (exact) mass is 331 g/mol. The van der Waals surface area contributed by atoms with Crippen LogP contribution in [0.3, 0.4) is 0 Å². The van der Waals surface area contributed by atoms with Gasteiger partial charge in [-0.05, 0) is 18.4 Å². The summed E-state index contributed by atoms with van der Waals surface area (Å²) in [6, 6.07) is 11.3. The van der Waals surface area contributed by atoms with Gasteiger partial charge in [0.2, 0.25) is 0 Å². The summed E-state index contributed by atoms with van der Waals surface area (Å²) in [4.78, 5) is 6.86. The molecule has 3 rings (SSSR count). The number of likely N-dealkylation sites (tertiary alicyclic amines) is 1. The van der Waals surface area contributed by atoms with Crippen molar-refractivity contribution in [1.29, 1.82) is 0 Å². The highest BCUT2D eigenvalue weighted by atomic mass is 16.5. The van der Waals surface area contributed by atoms with Gasteiger partial charge in [-0.3, -0.25) is 4.99 Å². The molecule has 5 nitrogen and oxygen atoms in total. The Hall–Kier alpha value is -1.59. The van der Waals surface area contributed by atoms with Crippen molar-refractivity contribution in [3.63, 3.8) is 0 Å². The van der Waals surface area contributed by atoms with E-state index in [4.69, 9.17) is 9.47 Å². The molecule has 1 aliphatic heterocycles. The Bertz CT molecular complexity index is 535. The lowest BCUT2D eigenvalue weighted by Crippen LogP contribution is -2.41. The van der Waals surface area contributed by atoms with Crippen LogP contribution in [0.1, 0.15) is 24.3 Å². The van der Waals surface area contributed by atoms with Crippen LogP contribution in [0.2, 0.25) is 0 Å². The highest BCUT2D eigenvalue weighted by Crippen LogP contribution is 2.40. The SMILES string of the molecule is CN=C(NC1CC1c1ccccc1)N1CCC(COCCOC)C1. The van der Waals surface area contributed by atoms with Crippen molar-refractivity contribution < 1.29 is 9.47 Å². The van der Waals surface area contributed by atoms with Crippen LogP contribution in [0.4, 0.5) is 0 Å². The zero-order valence-corrected chi connectivity index (χ0v) is 14.8. The Morgan fingerprint density at radius 2 is 2.12 bits per heavy atom. The maximum Gasteiger partial charge on any atom is 0.193 e. The molecule has 5 heteroatoms. The third kappa shape index (κ3) is 4.48. The van der Waals surface area contributed by atoms with Crippen LogP contribution in [0, 0.1) is 5.92 Å². The van der Waals surface area contributed by atoms with E-state index in [0.717, 1.165) is 25.7 Å². The zero-order valence-electron chi connectivity index (χ0n) is 14.8. The summed E-state index contributed by atoms with van der Waals surface area (Å²) in [6.07, 6.45) is 2.36. The van der Waals surface area contributed by atoms with Gasteiger partial charge in [-0.1, -0.05) is 30.3 Å². The van der Waals surface area contributed by atoms with Gasteiger partial charge >= 0.3 is 0 Å². The van der Waals surface area contributed by atoms with E-state index in [2.05, 4.69) is 45.5 Å². The van der Waals surface area contributed by atoms with Crippen molar-refractivity contribution in [2.75, 3.05) is 47.1 Å². The van der Waals surface area contributed by atoms with Crippen molar-refractivity contribution in [1.82, 2.24) is 10.2 Å². The molecule has 24 heavy (non-hydrogen) atoms. The molecule has 1 N–H and O–H groups in total. The van der Waals surface area contributed by atoms with E-state index in [0.29, 0.717) is 31.1 Å². The molecule has 0 amide bonds. The fourth-order valence-electron chi connectivity index (χ4n) is 3.44. The molecule has 2 aliphatic rings. The van der Waals surface area contributed by atoms with Gasteiger partial charge in [0.05, 0.1) is 19.8 Å². The largest absolute Gasteiger partial charge is 0.382 e. The number of rotatable bonds is 7. The number of hydrogen-bond donors (Lipinski definition) is 1. The maximum atomic E-state index is 5.68. The first-order chi connectivity index (χ1) is 11.8. The van der Waals surface area contributed by atoms with E-state index in [1.54, 1.807) is 7.11 Å². The third-order valence-electron chi connectivity index (χ3n) is 4.92. The highest BCUT2D eigenvalue weighted by Gasteiger charge is 2.40. The first kappa shape index (κ1) is 17.2. The van der Waals surface area contributed by atoms with Crippen molar-refractivity contribution >= 4 is 5.96 Å². The van der Waals surface area contributed by atoms with E-state index < -0.39 is 0 Å². The number of guanidine groups is 1. The minimum absolute atomic E-state index is 0.517. The van der Waals surface area contributed by atoms with Crippen molar-refractivity contribution in [3.05, 3.63) is 35.9 Å². The number of hydrogen-bond acceptors (Lipinski definition) is 3. The van der Waals surface area contributed by atoms with Gasteiger partial charge in [0, 0.05) is 45.1 Å². The molecule has 132 valence electrons. The second-order valence-electron chi connectivity index (χ2n) is 6.72. The molecule has 0 radical (unpaired) electrons. The van der Waals surface area contributed by atoms with E-state index in [9.17, 15) is 0 Å². The van der Waals surface area contributed by atoms with Gasteiger partial charge in [0.1, 0.15) is 0 Å². The normalized spacial score (nSPS) is 26.7. The Balaban J connectivity index is 1.43. The van der Waals surface area contributed by atoms with Gasteiger partial charge in [-0.25, -0.2) is 0 Å². The predicted molar refractivity (Wildman–Crippen MR) is 96.5 cm³/mol. The molecule has 0 bridgehead atoms. The minimum atomic E-state index is 0.517. The molecule has 1 aromatic rings. The summed E-state index contributed by atoms with van der Waals surface area (Å²) in [7, 11) is 3.58. The number of nitrogens with zero attached hydrogens (tertiary/aromatic N) is 2. The summed E-state index contributed by atoms with van der Waals surface area (Å²) < 4.78 is 10.7. The lowest BCUT2D eigenvalue weighted by Gasteiger charge is -2.22. The van der Waals surface area contributed by atoms with Crippen LogP contribution in [0.15, 0.2) is 35.3 Å². The van der Waals surface area contributed by atoms with Gasteiger partial charge < -0.3 is 19.7 Å². The van der Waals surface area contributed by atoms with Gasteiger partial charge in [-0.2, -0.15) is 0 Å². The Morgan fingerprint density at radius 3 is 2.88 bits per heavy atom. The Morgan fingerprint density at radius 1 is 1.29 bits per heavy atom. The quantitative estimate of drug-likeness (QED) is 0.472. The standard InChI is InChI=1S/C19H29N3O2/c1-20-19(21-18-12-17(18)16-6-4-3-5-7-16)22-9-8-15(13-22)14-24-11-10-23-2/h3-7,15,17-18H,8-14H2,1-2H3,(H,20,21). The summed E-state index contributed by atoms with van der Waals surface area (Å²) in [5, 5.41) is 3.64. The third-order valence-corrected chi connectivity index (χ3v) is 4.92. The molecule has 3 atom stereocenters. The van der Waals surface area contributed by atoms with E-state index in [-0.39, 0.29) is 0 Å². The molecule has 3 unspecified atom stereocenters. The zero-order chi connectivity index (χ0) is 16.8. The molecule has 0 aromatic heterocycles. The molecule has 1 saturated heterocycles. The van der Waals surface area contributed by atoms with E-state index in [1.165, 1.54) is 18.4 Å². The smallest absolute Gasteiger partial charge is 0.193 e. The average molecular weight is 331 g/mol. The number of benzene rings is 1. The highest BCUT2D eigenvalue weighted by molar-refractivity contribution is 5.81. The predicted octanol–water partition coefficient (Wildman–Crippen LogP) is 2.10. The average Bonchev–Trinajstić information content (AvgIpc) is 3.24. The lowest BCUT2D eigenvalue weighted by molar-refractivity contribution is 0.0536. The van der Waals surface area contributed by atoms with Crippen molar-refractivity contribution in [2.24, 2.45) is 10.9 Å². The van der Waals surface area contributed by atoms with Crippen LogP contribution in [-0.2, 0) is 9.47 Å². The summed E-state index contributed by atoms with van der Waals surface area (Å²) >= 11 is 0. The Kier molecular flexibility index (Phi) is 6.10. The second-order valence-corrected chi connectivity index (χ2v) is 6.72. The first-order valence-electron chi connectivity index (χ1n) is 8.91. The van der Waals surface area contributed by atoms with Gasteiger partial charge in [0.25, 0.3) is 0 Å². The van der Waals surface area contributed by atoms with Crippen LogP contribution < -0.4 is 5.32 Å². The fourth-order valence-corrected chi connectivity index (χ4v) is 3.44. The molecule has 1 aromatic carbocycles. The fraction of sp³-hybridized carbons (Fsp3) is 0.632. The number of methoxy groups -OCH3 is 1. The van der Waals surface area contributed by atoms with Crippen LogP contribution >= 0.6 is 0 Å². The molecule has 1 aliphatic carbocycles. The van der Waals surface area contributed by atoms with Crippen LogP contribution in [0.5, 0.6) is 0 Å². The maximum absolute atomic E-state index is 5.68. The topological polar surface area (TPSA) is 46.1 Å². The number of ether oxygens (including phenoxy) is 2. The van der Waals surface area contributed by atoms with Gasteiger partial charge in [-0.15, -0.1) is 0 Å². The second kappa shape index (κ2) is 8.49. The van der Waals surface area contributed by atoms with Crippen molar-refractivity contribution in [2.45, 2.75) is 24.8 Å². The van der Waals surface area contributed by atoms with E-state index in [1.807, 2.05) is 7.05 Å². The lowest BCUT2D eigenvalue weighted by atomic mass is 10.1. The minimum Gasteiger partial charge on any atom is -0.382 e. The number of nitrogens with one attached hydrogen (secondary N) is 1. The van der Waals surface area contributed by atoms with Crippen LogP contribution in [-0.4, -0.2) is 64.0 Å². The molecule has 2 fully saturated rings. The summed E-state index contributed by atoms with van der Waals surface area (Å²) in [5.74, 6) is 2.25. The molecule has 0 spiro atoms. The van der Waals surface area contributed by atoms with Gasteiger partial charge in [0.15, 0.2) is 5.96 Å². The van der Waals surface area contributed by atoms with E-state index >= 15 is 0 Å².